The standard InChI is InChI=1S/C10H20N2O2/c1-4-11(3)9(2)10(13)12-5-7-14-8-6-12/h9H,4-8H2,1-3H3. The minimum atomic E-state index is -0.0156. The summed E-state index contributed by atoms with van der Waals surface area (Å²) in [7, 11) is 1.98. The van der Waals surface area contributed by atoms with Gasteiger partial charge in [-0.15, -0.1) is 0 Å². The summed E-state index contributed by atoms with van der Waals surface area (Å²) < 4.78 is 5.21. The van der Waals surface area contributed by atoms with Gasteiger partial charge in [-0.3, -0.25) is 9.69 Å². The number of nitrogens with zero attached hydrogens (tertiary/aromatic N) is 2. The van der Waals surface area contributed by atoms with E-state index in [1.54, 1.807) is 0 Å². The predicted molar refractivity (Wildman–Crippen MR) is 55.2 cm³/mol. The Morgan fingerprint density at radius 1 is 1.50 bits per heavy atom. The number of rotatable bonds is 3. The molecule has 0 saturated carbocycles. The van der Waals surface area contributed by atoms with Gasteiger partial charge in [0.25, 0.3) is 0 Å². The molecule has 4 heteroatoms. The second-order valence-corrected chi connectivity index (χ2v) is 3.69. The Morgan fingerprint density at radius 2 is 2.07 bits per heavy atom. The van der Waals surface area contributed by atoms with Gasteiger partial charge in [-0.1, -0.05) is 6.92 Å². The smallest absolute Gasteiger partial charge is 0.239 e. The van der Waals surface area contributed by atoms with Crippen molar-refractivity contribution < 1.29 is 9.53 Å². The van der Waals surface area contributed by atoms with Gasteiger partial charge in [0.15, 0.2) is 0 Å². The second-order valence-electron chi connectivity index (χ2n) is 3.69. The van der Waals surface area contributed by atoms with Crippen molar-refractivity contribution in [3.63, 3.8) is 0 Å². The molecule has 0 spiro atoms. The van der Waals surface area contributed by atoms with Crippen LogP contribution < -0.4 is 0 Å². The molecule has 0 radical (unpaired) electrons. The van der Waals surface area contributed by atoms with Crippen LogP contribution in [0.4, 0.5) is 0 Å². The zero-order valence-electron chi connectivity index (χ0n) is 9.32. The second kappa shape index (κ2) is 5.32. The fourth-order valence-electron chi connectivity index (χ4n) is 1.51. The summed E-state index contributed by atoms with van der Waals surface area (Å²) in [5.74, 6) is 0.220. The molecule has 1 unspecified atom stereocenters. The first-order chi connectivity index (χ1) is 6.66. The average Bonchev–Trinajstić information content (AvgIpc) is 2.27. The van der Waals surface area contributed by atoms with Crippen molar-refractivity contribution in [2.75, 3.05) is 39.9 Å². The van der Waals surface area contributed by atoms with Crippen LogP contribution in [-0.4, -0.2) is 61.6 Å². The van der Waals surface area contributed by atoms with Gasteiger partial charge in [-0.2, -0.15) is 0 Å². The van der Waals surface area contributed by atoms with Gasteiger partial charge in [0, 0.05) is 13.1 Å². The highest BCUT2D eigenvalue weighted by atomic mass is 16.5. The fraction of sp³-hybridized carbons (Fsp3) is 0.900. The SMILES string of the molecule is CCN(C)C(C)C(=O)N1CCOCC1. The van der Waals surface area contributed by atoms with E-state index in [1.807, 2.05) is 18.9 Å². The van der Waals surface area contributed by atoms with E-state index in [0.717, 1.165) is 19.6 Å². The summed E-state index contributed by atoms with van der Waals surface area (Å²) in [6, 6.07) is -0.0156. The van der Waals surface area contributed by atoms with Gasteiger partial charge in [-0.25, -0.2) is 0 Å². The molecule has 82 valence electrons. The maximum atomic E-state index is 11.9. The zero-order valence-corrected chi connectivity index (χ0v) is 9.32. The summed E-state index contributed by atoms with van der Waals surface area (Å²) in [6.45, 7) is 7.74. The van der Waals surface area contributed by atoms with E-state index < -0.39 is 0 Å². The van der Waals surface area contributed by atoms with Crippen molar-refractivity contribution in [3.05, 3.63) is 0 Å². The molecular weight excluding hydrogens is 180 g/mol. The number of ether oxygens (including phenoxy) is 1. The van der Waals surface area contributed by atoms with Crippen LogP contribution in [0.25, 0.3) is 0 Å². The molecule has 1 aliphatic rings. The Balaban J connectivity index is 2.46. The van der Waals surface area contributed by atoms with Gasteiger partial charge in [0.1, 0.15) is 0 Å². The normalized spacial score (nSPS) is 19.9. The topological polar surface area (TPSA) is 32.8 Å². The highest BCUT2D eigenvalue weighted by Gasteiger charge is 2.24. The first-order valence-corrected chi connectivity index (χ1v) is 5.23. The summed E-state index contributed by atoms with van der Waals surface area (Å²) >= 11 is 0. The molecule has 0 aromatic heterocycles. The third-order valence-corrected chi connectivity index (χ3v) is 2.84. The lowest BCUT2D eigenvalue weighted by Crippen LogP contribution is -2.49. The third kappa shape index (κ3) is 2.69. The van der Waals surface area contributed by atoms with Crippen LogP contribution >= 0.6 is 0 Å². The molecule has 1 amide bonds. The molecule has 1 rings (SSSR count). The van der Waals surface area contributed by atoms with Crippen molar-refractivity contribution in [2.24, 2.45) is 0 Å². The lowest BCUT2D eigenvalue weighted by atomic mass is 10.2. The Labute approximate surface area is 85.8 Å². The van der Waals surface area contributed by atoms with Crippen molar-refractivity contribution in [3.8, 4) is 0 Å². The van der Waals surface area contributed by atoms with E-state index in [9.17, 15) is 4.79 Å². The Kier molecular flexibility index (Phi) is 4.35. The Hall–Kier alpha value is -0.610. The van der Waals surface area contributed by atoms with E-state index in [0.29, 0.717) is 13.2 Å². The molecule has 0 bridgehead atoms. The van der Waals surface area contributed by atoms with Crippen LogP contribution in [-0.2, 0) is 9.53 Å². The number of carbonyl (C=O) groups is 1. The van der Waals surface area contributed by atoms with Crippen molar-refractivity contribution in [1.82, 2.24) is 9.80 Å². The maximum Gasteiger partial charge on any atom is 0.239 e. The lowest BCUT2D eigenvalue weighted by Gasteiger charge is -2.32. The third-order valence-electron chi connectivity index (χ3n) is 2.84. The minimum Gasteiger partial charge on any atom is -0.378 e. The maximum absolute atomic E-state index is 11.9. The number of morpholine rings is 1. The quantitative estimate of drug-likeness (QED) is 0.652. The van der Waals surface area contributed by atoms with Crippen LogP contribution in [0.15, 0.2) is 0 Å². The molecular formula is C10H20N2O2. The largest absolute Gasteiger partial charge is 0.378 e. The zero-order chi connectivity index (χ0) is 10.6. The van der Waals surface area contributed by atoms with Gasteiger partial charge in [0.05, 0.1) is 19.3 Å². The number of hydrogen-bond acceptors (Lipinski definition) is 3. The van der Waals surface area contributed by atoms with Crippen LogP contribution in [0, 0.1) is 0 Å². The first kappa shape index (κ1) is 11.5. The van der Waals surface area contributed by atoms with Crippen molar-refractivity contribution >= 4 is 5.91 Å². The van der Waals surface area contributed by atoms with Crippen LogP contribution in [0.2, 0.25) is 0 Å². The average molecular weight is 200 g/mol. The van der Waals surface area contributed by atoms with Crippen LogP contribution in [0.1, 0.15) is 13.8 Å². The summed E-state index contributed by atoms with van der Waals surface area (Å²) in [6.07, 6.45) is 0. The Morgan fingerprint density at radius 3 is 2.57 bits per heavy atom. The van der Waals surface area contributed by atoms with E-state index in [-0.39, 0.29) is 11.9 Å². The molecule has 0 N–H and O–H groups in total. The molecule has 1 aliphatic heterocycles. The number of amides is 1. The van der Waals surface area contributed by atoms with Crippen LogP contribution in [0.3, 0.4) is 0 Å². The summed E-state index contributed by atoms with van der Waals surface area (Å²) in [5, 5.41) is 0. The van der Waals surface area contributed by atoms with Gasteiger partial charge in [-0.05, 0) is 20.5 Å². The number of carbonyl (C=O) groups excluding carboxylic acids is 1. The predicted octanol–water partition coefficient (Wildman–Crippen LogP) is 0.185. The molecule has 1 heterocycles. The molecule has 14 heavy (non-hydrogen) atoms. The summed E-state index contributed by atoms with van der Waals surface area (Å²) in [5.41, 5.74) is 0. The molecule has 0 aromatic carbocycles. The highest BCUT2D eigenvalue weighted by Crippen LogP contribution is 2.04. The van der Waals surface area contributed by atoms with Crippen molar-refractivity contribution in [1.29, 1.82) is 0 Å². The van der Waals surface area contributed by atoms with E-state index in [4.69, 9.17) is 4.74 Å². The molecule has 4 nitrogen and oxygen atoms in total. The lowest BCUT2D eigenvalue weighted by molar-refractivity contribution is -0.139. The Bertz CT molecular complexity index is 187. The summed E-state index contributed by atoms with van der Waals surface area (Å²) in [4.78, 5) is 15.9. The van der Waals surface area contributed by atoms with E-state index in [2.05, 4.69) is 11.8 Å². The molecule has 0 aliphatic carbocycles. The first-order valence-electron chi connectivity index (χ1n) is 5.23. The number of likely N-dealkylation sites (N-methyl/N-ethyl adjacent to an activating group) is 1. The molecule has 1 saturated heterocycles. The van der Waals surface area contributed by atoms with E-state index >= 15 is 0 Å². The minimum absolute atomic E-state index is 0.0156. The molecule has 1 atom stereocenters. The van der Waals surface area contributed by atoms with E-state index in [1.165, 1.54) is 0 Å². The molecule has 0 aromatic rings. The molecule has 1 fully saturated rings. The van der Waals surface area contributed by atoms with Gasteiger partial charge >= 0.3 is 0 Å². The monoisotopic (exact) mass is 200 g/mol. The van der Waals surface area contributed by atoms with Gasteiger partial charge in [0.2, 0.25) is 5.91 Å². The van der Waals surface area contributed by atoms with Crippen LogP contribution in [0.5, 0.6) is 0 Å². The van der Waals surface area contributed by atoms with Crippen molar-refractivity contribution in [2.45, 2.75) is 19.9 Å². The number of hydrogen-bond donors (Lipinski definition) is 0. The van der Waals surface area contributed by atoms with Gasteiger partial charge < -0.3 is 9.64 Å². The fourth-order valence-corrected chi connectivity index (χ4v) is 1.51. The highest BCUT2D eigenvalue weighted by molar-refractivity contribution is 5.81.